The van der Waals surface area contributed by atoms with Gasteiger partial charge in [-0.25, -0.2) is 19.3 Å². The number of terminal acetylenes is 1. The molecule has 0 radical (unpaired) electrons. The van der Waals surface area contributed by atoms with Crippen molar-refractivity contribution in [1.29, 1.82) is 0 Å². The molecule has 1 aromatic carbocycles. The average Bonchev–Trinajstić information content (AvgIpc) is 3.44. The highest BCUT2D eigenvalue weighted by Gasteiger charge is 2.50. The summed E-state index contributed by atoms with van der Waals surface area (Å²) >= 11 is 11.9. The summed E-state index contributed by atoms with van der Waals surface area (Å²) in [4.78, 5) is 82.2. The van der Waals surface area contributed by atoms with Crippen LogP contribution in [0.4, 0.5) is 27.4 Å². The van der Waals surface area contributed by atoms with Gasteiger partial charge in [0.05, 0.1) is 51.6 Å². The summed E-state index contributed by atoms with van der Waals surface area (Å²) in [7, 11) is 0. The van der Waals surface area contributed by atoms with Gasteiger partial charge < -0.3 is 25.0 Å². The first kappa shape index (κ1) is 42.3. The van der Waals surface area contributed by atoms with Gasteiger partial charge in [0.25, 0.3) is 17.4 Å². The summed E-state index contributed by atoms with van der Waals surface area (Å²) < 4.78 is 15.6. The van der Waals surface area contributed by atoms with E-state index in [1.165, 1.54) is 46.6 Å². The first-order chi connectivity index (χ1) is 29.7. The van der Waals surface area contributed by atoms with Crippen LogP contribution in [0.1, 0.15) is 60.8 Å². The molecule has 0 bridgehead atoms. The molecular weight excluding hydrogens is 833 g/mol. The van der Waals surface area contributed by atoms with E-state index in [0.29, 0.717) is 63.6 Å². The highest BCUT2D eigenvalue weighted by atomic mass is 35.5. The van der Waals surface area contributed by atoms with E-state index in [0.717, 1.165) is 41.3 Å². The number of piperazine rings is 1. The SMILES string of the molecule is C#Cc1ncc(N2C(=O)C(C)(C)N(c3ccc(C(=O)Nc4cnc(N5CCC(C(=O)N6CCN(Cc7cnc8cc(CC)c(=O)[nH]c8c7)CC6)CC5)nc4)c(F)c3)C2=S)cc1Cl. The van der Waals surface area contributed by atoms with E-state index in [1.54, 1.807) is 13.8 Å². The van der Waals surface area contributed by atoms with Crippen LogP contribution in [0.3, 0.4) is 0 Å². The fourth-order valence-corrected chi connectivity index (χ4v) is 8.91. The fraction of sp³-hybridized carbons (Fsp3) is 0.341. The number of pyridine rings is 3. The zero-order valence-electron chi connectivity index (χ0n) is 34.3. The summed E-state index contributed by atoms with van der Waals surface area (Å²) in [6.07, 6.45) is 13.6. The average molecular weight is 876 g/mol. The number of hydrogen-bond acceptors (Lipinski definition) is 11. The number of benzene rings is 1. The summed E-state index contributed by atoms with van der Waals surface area (Å²) in [5.74, 6) is 0.980. The zero-order valence-corrected chi connectivity index (χ0v) is 35.9. The van der Waals surface area contributed by atoms with Gasteiger partial charge in [-0.15, -0.1) is 6.42 Å². The van der Waals surface area contributed by atoms with E-state index >= 15 is 4.39 Å². The Morgan fingerprint density at radius 2 is 1.69 bits per heavy atom. The third kappa shape index (κ3) is 8.20. The molecule has 15 nitrogen and oxygen atoms in total. The molecule has 3 saturated heterocycles. The number of nitrogens with one attached hydrogen (secondary N) is 2. The monoisotopic (exact) mass is 875 g/mol. The molecule has 5 aromatic rings. The molecule has 0 atom stereocenters. The van der Waals surface area contributed by atoms with Gasteiger partial charge in [0, 0.05) is 69.2 Å². The number of hydrogen-bond donors (Lipinski definition) is 2. The highest BCUT2D eigenvalue weighted by Crippen LogP contribution is 2.38. The van der Waals surface area contributed by atoms with Crippen LogP contribution in [0.2, 0.25) is 5.02 Å². The molecule has 318 valence electrons. The molecule has 62 heavy (non-hydrogen) atoms. The summed E-state index contributed by atoms with van der Waals surface area (Å²) in [5.41, 5.74) is 2.77. The van der Waals surface area contributed by atoms with Crippen LogP contribution in [0.25, 0.3) is 11.0 Å². The number of aromatic nitrogens is 5. The number of thiocarbonyl (C=S) groups is 1. The molecule has 3 aliphatic rings. The summed E-state index contributed by atoms with van der Waals surface area (Å²) in [6.45, 7) is 9.91. The first-order valence-corrected chi connectivity index (χ1v) is 21.0. The summed E-state index contributed by atoms with van der Waals surface area (Å²) in [6, 6.07) is 9.31. The standard InChI is InChI=1S/C44H43ClFN11O4S/c1-5-27-18-36-37(52-38(27)58)17-26(21-47-36)25-53-13-15-54(16-14-53)40(60)28-9-11-55(12-10-28)42-49-22-29(23-50-42)51-39(59)32-8-7-30(20-34(32)46)57-43(62)56(41(61)44(57,3)4)31-19-33(45)35(6-2)48-24-31/h2,7-8,17-24,28H,5,9-16,25H2,1,3-4H3,(H,51,59)(H,52,58). The molecule has 2 N–H and O–H groups in total. The zero-order chi connectivity index (χ0) is 43.9. The Morgan fingerprint density at radius 3 is 2.35 bits per heavy atom. The Morgan fingerprint density at radius 1 is 0.968 bits per heavy atom. The molecule has 8 rings (SSSR count). The Kier molecular flexibility index (Phi) is 11.7. The van der Waals surface area contributed by atoms with Gasteiger partial charge in [-0.05, 0) is 93.2 Å². The van der Waals surface area contributed by atoms with Gasteiger partial charge in [-0.2, -0.15) is 0 Å². The Bertz CT molecular complexity index is 2710. The largest absolute Gasteiger partial charge is 0.341 e. The molecule has 0 spiro atoms. The van der Waals surface area contributed by atoms with Crippen LogP contribution in [0.15, 0.2) is 66.0 Å². The van der Waals surface area contributed by atoms with Crippen molar-refractivity contribution in [3.8, 4) is 12.3 Å². The molecule has 18 heteroatoms. The van der Waals surface area contributed by atoms with Crippen molar-refractivity contribution in [3.05, 3.63) is 105 Å². The number of carbonyl (C=O) groups excluding carboxylic acids is 3. The number of aromatic amines is 1. The minimum absolute atomic E-state index is 0.0734. The number of halogens is 2. The van der Waals surface area contributed by atoms with Crippen LogP contribution >= 0.6 is 23.8 Å². The van der Waals surface area contributed by atoms with Crippen LogP contribution in [-0.4, -0.2) is 102 Å². The molecule has 3 fully saturated rings. The van der Waals surface area contributed by atoms with E-state index in [2.05, 4.69) is 41.1 Å². The highest BCUT2D eigenvalue weighted by molar-refractivity contribution is 7.81. The van der Waals surface area contributed by atoms with Gasteiger partial charge in [0.15, 0.2) is 5.11 Å². The molecule has 0 saturated carbocycles. The fourth-order valence-electron chi connectivity index (χ4n) is 8.17. The van der Waals surface area contributed by atoms with Crippen LogP contribution in [-0.2, 0) is 22.6 Å². The number of nitrogens with zero attached hydrogens (tertiary/aromatic N) is 9. The van der Waals surface area contributed by atoms with Crippen LogP contribution in [0.5, 0.6) is 0 Å². The van der Waals surface area contributed by atoms with Crippen molar-refractivity contribution in [2.24, 2.45) is 5.92 Å². The number of piperidine rings is 1. The number of anilines is 4. The molecule has 7 heterocycles. The lowest BCUT2D eigenvalue weighted by atomic mass is 9.95. The Hall–Kier alpha value is -6.35. The number of H-pyrrole nitrogens is 1. The normalized spacial score (nSPS) is 17.2. The second-order valence-corrected chi connectivity index (χ2v) is 16.8. The smallest absolute Gasteiger partial charge is 0.259 e. The topological polar surface area (TPSA) is 164 Å². The molecule has 0 unspecified atom stereocenters. The third-order valence-electron chi connectivity index (χ3n) is 11.7. The maximum atomic E-state index is 15.6. The minimum atomic E-state index is -1.21. The lowest BCUT2D eigenvalue weighted by Crippen LogP contribution is -2.51. The van der Waals surface area contributed by atoms with Crippen molar-refractivity contribution in [2.75, 3.05) is 59.3 Å². The van der Waals surface area contributed by atoms with Crippen molar-refractivity contribution in [2.45, 2.75) is 52.1 Å². The maximum absolute atomic E-state index is 15.6. The van der Waals surface area contributed by atoms with E-state index < -0.39 is 17.3 Å². The van der Waals surface area contributed by atoms with E-state index in [-0.39, 0.29) is 56.1 Å². The Balaban J connectivity index is 0.821. The van der Waals surface area contributed by atoms with E-state index in [4.69, 9.17) is 30.2 Å². The predicted molar refractivity (Wildman–Crippen MR) is 239 cm³/mol. The second-order valence-electron chi connectivity index (χ2n) is 16.0. The van der Waals surface area contributed by atoms with E-state index in [9.17, 15) is 19.2 Å². The van der Waals surface area contributed by atoms with Gasteiger partial charge in [-0.3, -0.25) is 34.0 Å². The Labute approximate surface area is 367 Å². The second kappa shape index (κ2) is 17.2. The van der Waals surface area contributed by atoms with Gasteiger partial charge in [0.2, 0.25) is 11.9 Å². The minimum Gasteiger partial charge on any atom is -0.341 e. The molecule has 3 amide bonds. The van der Waals surface area contributed by atoms with Gasteiger partial charge in [0.1, 0.15) is 17.1 Å². The van der Waals surface area contributed by atoms with Crippen molar-refractivity contribution < 1.29 is 18.8 Å². The molecule has 4 aromatic heterocycles. The number of rotatable bonds is 9. The molecular formula is C44H43ClFN11O4S. The third-order valence-corrected chi connectivity index (χ3v) is 12.3. The lowest BCUT2D eigenvalue weighted by molar-refractivity contribution is -0.138. The predicted octanol–water partition coefficient (Wildman–Crippen LogP) is 5.17. The van der Waals surface area contributed by atoms with Gasteiger partial charge >= 0.3 is 0 Å². The summed E-state index contributed by atoms with van der Waals surface area (Å²) in [5, 5.41) is 2.90. The van der Waals surface area contributed by atoms with Gasteiger partial charge in [-0.1, -0.05) is 18.5 Å². The number of fused-ring (bicyclic) bond motifs is 1. The number of amides is 3. The van der Waals surface area contributed by atoms with Crippen molar-refractivity contribution in [3.63, 3.8) is 0 Å². The quantitative estimate of drug-likeness (QED) is 0.148. The van der Waals surface area contributed by atoms with Crippen LogP contribution < -0.4 is 25.6 Å². The number of carbonyl (C=O) groups is 3. The molecule has 3 aliphatic heterocycles. The van der Waals surface area contributed by atoms with Crippen LogP contribution in [0, 0.1) is 24.1 Å². The van der Waals surface area contributed by atoms with Crippen molar-refractivity contribution >= 4 is 80.7 Å². The maximum Gasteiger partial charge on any atom is 0.259 e. The molecule has 0 aliphatic carbocycles. The first-order valence-electron chi connectivity index (χ1n) is 20.3. The van der Waals surface area contributed by atoms with E-state index in [1.807, 2.05) is 35.1 Å². The van der Waals surface area contributed by atoms with Crippen molar-refractivity contribution in [1.82, 2.24) is 34.7 Å². The lowest BCUT2D eigenvalue weighted by Gasteiger charge is -2.38. The number of aryl methyl sites for hydroxylation is 1.